The summed E-state index contributed by atoms with van der Waals surface area (Å²) in [6.07, 6.45) is -7.57. The Balaban J connectivity index is 1.83. The number of methoxy groups -OCH3 is 1. The molecule has 0 saturated heterocycles. The van der Waals surface area contributed by atoms with Gasteiger partial charge in [0.2, 0.25) is 11.7 Å². The second kappa shape index (κ2) is 12.3. The van der Waals surface area contributed by atoms with Crippen molar-refractivity contribution in [1.82, 2.24) is 0 Å². The number of fused-ring (bicyclic) bond motifs is 5. The maximum absolute atomic E-state index is 13.9. The fourth-order valence-electron chi connectivity index (χ4n) is 11.5. The van der Waals surface area contributed by atoms with Gasteiger partial charge >= 0.3 is 41.8 Å². The largest absolute Gasteiger partial charge is 0.472 e. The number of ether oxygens (including phenoxy) is 7. The first-order chi connectivity index (χ1) is 25.4. The lowest BCUT2D eigenvalue weighted by Crippen LogP contribution is -2.94. The van der Waals surface area contributed by atoms with E-state index in [9.17, 15) is 48.9 Å². The number of aliphatic hydroxyl groups is 3. The molecule has 4 aliphatic carbocycles. The summed E-state index contributed by atoms with van der Waals surface area (Å²) in [6.45, 7) is 8.98. The molecule has 6 rings (SSSR count). The van der Waals surface area contributed by atoms with E-state index in [0.717, 1.165) is 47.8 Å². The number of carbonyl (C=O) groups excluding carboxylic acids is 7. The van der Waals surface area contributed by atoms with Gasteiger partial charge in [0.05, 0.1) is 25.1 Å². The van der Waals surface area contributed by atoms with Crippen LogP contribution in [0.2, 0.25) is 0 Å². The topological polar surface area (TPSA) is 258 Å². The van der Waals surface area contributed by atoms with Crippen molar-refractivity contribution in [1.29, 1.82) is 0 Å². The van der Waals surface area contributed by atoms with Gasteiger partial charge in [-0.1, -0.05) is 13.8 Å². The summed E-state index contributed by atoms with van der Waals surface area (Å²) in [5, 5.41) is 41.2. The van der Waals surface area contributed by atoms with Crippen LogP contribution in [0.3, 0.4) is 0 Å². The predicted molar refractivity (Wildman–Crippen MR) is 176 cm³/mol. The summed E-state index contributed by atoms with van der Waals surface area (Å²) in [5.74, 6) is -9.21. The number of hydrogen-bond acceptors (Lipinski definition) is 18. The van der Waals surface area contributed by atoms with Gasteiger partial charge in [-0.15, -0.1) is 0 Å². The van der Waals surface area contributed by atoms with Crippen LogP contribution in [0.1, 0.15) is 79.9 Å². The SMILES string of the molecule is COC(=O)C(OC(C)=O)C1C2(C)CC3(O)C(OC(C)=O)(C2OC(C)=O)C(OC(C)=O)C2(O)C4=CC(=O)OC(c5ccoc5)C4(C)C(OC(C)=O)CC2(O)C13C. The number of cyclic esters (lactones) is 1. The van der Waals surface area contributed by atoms with E-state index in [-0.39, 0.29) is 5.56 Å². The van der Waals surface area contributed by atoms with Gasteiger partial charge in [-0.05, 0) is 25.0 Å². The van der Waals surface area contributed by atoms with Crippen LogP contribution in [0.25, 0.3) is 0 Å². The molecule has 18 heteroatoms. The van der Waals surface area contributed by atoms with Crippen molar-refractivity contribution in [3.63, 3.8) is 0 Å². The Kier molecular flexibility index (Phi) is 8.95. The Morgan fingerprint density at radius 3 is 1.95 bits per heavy atom. The molecule has 4 saturated carbocycles. The van der Waals surface area contributed by atoms with Gasteiger partial charge < -0.3 is 52.9 Å². The highest BCUT2D eigenvalue weighted by atomic mass is 16.6. The zero-order valence-electron chi connectivity index (χ0n) is 31.7. The van der Waals surface area contributed by atoms with E-state index in [0.29, 0.717) is 0 Å². The minimum atomic E-state index is -3.21. The molecule has 0 aromatic carbocycles. The van der Waals surface area contributed by atoms with Crippen molar-refractivity contribution in [2.24, 2.45) is 22.2 Å². The first-order valence-electron chi connectivity index (χ1n) is 17.5. The summed E-state index contributed by atoms with van der Waals surface area (Å²) < 4.78 is 45.5. The fraction of sp³-hybridized carbons (Fsp3) is 0.649. The zero-order chi connectivity index (χ0) is 41.1. The lowest BCUT2D eigenvalue weighted by atomic mass is 9.34. The van der Waals surface area contributed by atoms with Crippen molar-refractivity contribution in [3.8, 4) is 0 Å². The van der Waals surface area contributed by atoms with E-state index in [1.54, 1.807) is 0 Å². The van der Waals surface area contributed by atoms with Crippen LogP contribution in [0, 0.1) is 22.2 Å². The number of carbonyl (C=O) groups is 7. The second-order valence-electron chi connectivity index (χ2n) is 15.8. The molecule has 3 N–H and O–H groups in total. The van der Waals surface area contributed by atoms with Crippen LogP contribution in [-0.4, -0.2) is 111 Å². The third-order valence-electron chi connectivity index (χ3n) is 13.0. The van der Waals surface area contributed by atoms with E-state index in [1.807, 2.05) is 0 Å². The zero-order valence-corrected chi connectivity index (χ0v) is 31.7. The molecule has 13 unspecified atom stereocenters. The van der Waals surface area contributed by atoms with Crippen LogP contribution >= 0.6 is 0 Å². The minimum absolute atomic E-state index is 0.207. The Bertz CT molecular complexity index is 1900. The van der Waals surface area contributed by atoms with Gasteiger partial charge in [0.15, 0.2) is 17.8 Å². The summed E-state index contributed by atoms with van der Waals surface area (Å²) in [6, 6.07) is 1.44. The molecule has 2 bridgehead atoms. The molecule has 1 aromatic rings. The number of rotatable bonds is 8. The monoisotopic (exact) mass is 776 g/mol. The van der Waals surface area contributed by atoms with Gasteiger partial charge in [-0.3, -0.25) is 24.0 Å². The van der Waals surface area contributed by atoms with Gasteiger partial charge in [0.1, 0.15) is 23.4 Å². The highest BCUT2D eigenvalue weighted by molar-refractivity contribution is 5.86. The molecule has 18 nitrogen and oxygen atoms in total. The van der Waals surface area contributed by atoms with Crippen LogP contribution in [0.5, 0.6) is 0 Å². The molecular formula is C37H44O18. The van der Waals surface area contributed by atoms with Crippen molar-refractivity contribution in [2.75, 3.05) is 7.11 Å². The van der Waals surface area contributed by atoms with Crippen LogP contribution in [0.15, 0.2) is 34.7 Å². The second-order valence-corrected chi connectivity index (χ2v) is 15.8. The average Bonchev–Trinajstić information content (AvgIpc) is 3.71. The Labute approximate surface area is 314 Å². The molecule has 300 valence electrons. The lowest BCUT2D eigenvalue weighted by molar-refractivity contribution is -0.421. The van der Waals surface area contributed by atoms with Crippen LogP contribution in [0.4, 0.5) is 0 Å². The first-order valence-corrected chi connectivity index (χ1v) is 17.5. The molecule has 1 aromatic heterocycles. The van der Waals surface area contributed by atoms with Crippen molar-refractivity contribution >= 4 is 41.8 Å². The van der Waals surface area contributed by atoms with E-state index >= 15 is 0 Å². The molecule has 0 amide bonds. The van der Waals surface area contributed by atoms with E-state index in [4.69, 9.17) is 37.6 Å². The number of esters is 7. The smallest absolute Gasteiger partial charge is 0.347 e. The molecule has 0 radical (unpaired) electrons. The average molecular weight is 777 g/mol. The Morgan fingerprint density at radius 2 is 1.44 bits per heavy atom. The van der Waals surface area contributed by atoms with E-state index in [1.165, 1.54) is 39.4 Å². The summed E-state index contributed by atoms with van der Waals surface area (Å²) in [7, 11) is 0.984. The highest BCUT2D eigenvalue weighted by Gasteiger charge is 3.00. The fourth-order valence-corrected chi connectivity index (χ4v) is 11.5. The van der Waals surface area contributed by atoms with Gasteiger partial charge in [-0.2, -0.15) is 0 Å². The molecule has 55 heavy (non-hydrogen) atoms. The van der Waals surface area contributed by atoms with E-state index in [2.05, 4.69) is 0 Å². The molecule has 2 heterocycles. The lowest BCUT2D eigenvalue weighted by Gasteiger charge is -2.76. The molecule has 4 fully saturated rings. The van der Waals surface area contributed by atoms with Gasteiger partial charge in [0, 0.05) is 69.4 Å². The number of furan rings is 1. The third kappa shape index (κ3) is 4.73. The highest BCUT2D eigenvalue weighted by Crippen LogP contribution is 2.84. The van der Waals surface area contributed by atoms with Crippen molar-refractivity contribution in [2.45, 2.75) is 121 Å². The molecule has 13 atom stereocenters. The Morgan fingerprint density at radius 1 is 0.836 bits per heavy atom. The Hall–Kier alpha value is -4.81. The van der Waals surface area contributed by atoms with Crippen LogP contribution in [-0.2, 0) is 66.7 Å². The summed E-state index contributed by atoms with van der Waals surface area (Å²) in [4.78, 5) is 92.8. The van der Waals surface area contributed by atoms with E-state index < -0.39 is 135 Å². The molecule has 0 spiro atoms. The number of hydrogen-bond donors (Lipinski definition) is 3. The quantitative estimate of drug-likeness (QED) is 0.242. The molecule has 5 aliphatic rings. The van der Waals surface area contributed by atoms with Gasteiger partial charge in [-0.25, -0.2) is 9.59 Å². The molecule has 1 aliphatic heterocycles. The minimum Gasteiger partial charge on any atom is -0.472 e. The normalized spacial score (nSPS) is 42.7. The maximum atomic E-state index is 13.9. The third-order valence-corrected chi connectivity index (χ3v) is 13.0. The van der Waals surface area contributed by atoms with Crippen molar-refractivity contribution < 1.29 is 86.5 Å². The maximum Gasteiger partial charge on any atom is 0.347 e. The van der Waals surface area contributed by atoms with Crippen LogP contribution < -0.4 is 0 Å². The molecular weight excluding hydrogens is 732 g/mol. The first kappa shape index (κ1) is 39.9. The van der Waals surface area contributed by atoms with Crippen molar-refractivity contribution in [3.05, 3.63) is 35.8 Å². The summed E-state index contributed by atoms with van der Waals surface area (Å²) >= 11 is 0. The standard InChI is InChI=1S/C37H44O18/c1-16(38)50-23-13-34(45)33(8)26(25(28(44)48-9)51-17(2)39)31(6)15-35(33,46)37(55-20(5)42,29(31)52-18(3)40)30(53-19(4)41)36(34,47)22-12-24(43)54-27(32(22,23)7)21-10-11-49-14-21/h10-12,14,23,25-27,29-30,45-47H,13,15H2,1-9H3. The summed E-state index contributed by atoms with van der Waals surface area (Å²) in [5.41, 5.74) is -18.4. The van der Waals surface area contributed by atoms with Gasteiger partial charge in [0.25, 0.3) is 0 Å². The predicted octanol–water partition coefficient (Wildman–Crippen LogP) is 0.669.